The molecule has 0 spiro atoms. The lowest BCUT2D eigenvalue weighted by atomic mass is 10.1. The van der Waals surface area contributed by atoms with Crippen molar-refractivity contribution in [3.63, 3.8) is 0 Å². The average Bonchev–Trinajstić information content (AvgIpc) is 3.11. The second-order valence-electron chi connectivity index (χ2n) is 11.4. The Morgan fingerprint density at radius 3 is 1.27 bits per heavy atom. The number of anilines is 7. The molecule has 0 amide bonds. The van der Waals surface area contributed by atoms with Gasteiger partial charge in [-0.05, 0) is 124 Å². The Morgan fingerprint density at radius 1 is 0.604 bits per heavy atom. The molecule has 6 nitrogen and oxygen atoms in total. The number of nitrogens with zero attached hydrogens (tertiary/aromatic N) is 4. The van der Waals surface area contributed by atoms with E-state index in [2.05, 4.69) is 144 Å². The van der Waals surface area contributed by atoms with Crippen LogP contribution >= 0.6 is 0 Å². The van der Waals surface area contributed by atoms with E-state index in [9.17, 15) is 4.79 Å². The SMILES string of the molecule is [C-]#[N+]C(=CC=Cc1ccc(N(c2ccc(N(CC)c3ccc(C)cc3)cc2)c2ccc(N(CC)c3ccc(C)cc3)cc2)cc1)C(=O)O. The van der Waals surface area contributed by atoms with Gasteiger partial charge in [0.2, 0.25) is 0 Å². The molecule has 0 unspecified atom stereocenters. The smallest absolute Gasteiger partial charge is 0.333 e. The van der Waals surface area contributed by atoms with E-state index in [0.717, 1.165) is 58.5 Å². The molecule has 0 atom stereocenters. The summed E-state index contributed by atoms with van der Waals surface area (Å²) < 4.78 is 0. The van der Waals surface area contributed by atoms with Gasteiger partial charge in [-0.3, -0.25) is 4.79 Å². The van der Waals surface area contributed by atoms with Gasteiger partial charge in [0, 0.05) is 52.9 Å². The van der Waals surface area contributed by atoms with Crippen LogP contribution in [0.4, 0.5) is 39.8 Å². The Hall–Kier alpha value is -6.06. The summed E-state index contributed by atoms with van der Waals surface area (Å²) in [5.41, 5.74) is 10.6. The minimum Gasteiger partial charge on any atom is -0.486 e. The molecule has 0 aromatic heterocycles. The summed E-state index contributed by atoms with van der Waals surface area (Å²) in [6, 6.07) is 42.5. The van der Waals surface area contributed by atoms with E-state index in [1.165, 1.54) is 17.2 Å². The van der Waals surface area contributed by atoms with Crippen molar-refractivity contribution in [2.24, 2.45) is 0 Å². The Labute approximate surface area is 283 Å². The van der Waals surface area contributed by atoms with Crippen molar-refractivity contribution in [1.82, 2.24) is 0 Å². The summed E-state index contributed by atoms with van der Waals surface area (Å²) in [6.07, 6.45) is 4.69. The van der Waals surface area contributed by atoms with Gasteiger partial charge in [0.05, 0.1) is 6.57 Å². The van der Waals surface area contributed by atoms with Crippen molar-refractivity contribution in [3.05, 3.63) is 167 Å². The molecule has 0 heterocycles. The van der Waals surface area contributed by atoms with Gasteiger partial charge in [-0.25, -0.2) is 4.85 Å². The molecule has 0 saturated heterocycles. The normalized spacial score (nSPS) is 11.3. The summed E-state index contributed by atoms with van der Waals surface area (Å²) in [5.74, 6) is -1.24. The number of benzene rings is 5. The number of carboxylic acid groups (broad SMARTS) is 1. The largest absolute Gasteiger partial charge is 0.486 e. The fraction of sp³-hybridized carbons (Fsp3) is 0.143. The predicted molar refractivity (Wildman–Crippen MR) is 200 cm³/mol. The van der Waals surface area contributed by atoms with E-state index < -0.39 is 5.97 Å². The highest BCUT2D eigenvalue weighted by atomic mass is 16.4. The van der Waals surface area contributed by atoms with E-state index in [-0.39, 0.29) is 5.70 Å². The molecule has 1 N–H and O–H groups in total. The molecule has 6 heteroatoms. The van der Waals surface area contributed by atoms with Gasteiger partial charge < -0.3 is 19.8 Å². The molecule has 0 aliphatic rings. The lowest BCUT2D eigenvalue weighted by Crippen LogP contribution is -2.17. The predicted octanol–water partition coefficient (Wildman–Crippen LogP) is 11.0. The Morgan fingerprint density at radius 2 is 0.938 bits per heavy atom. The average molecular weight is 633 g/mol. The molecule has 5 aromatic carbocycles. The molecule has 0 bridgehead atoms. The topological polar surface area (TPSA) is 51.4 Å². The molecule has 0 aliphatic heterocycles. The standard InChI is InChI=1S/C42H40N4O2/c1-6-44(34-17-11-31(3)12-18-34)36-23-27-39(28-24-36)46(38-21-15-33(16-22-38)9-8-10-41(43-5)42(47)48)40-29-25-37(26-30-40)45(7-2)35-19-13-32(4)14-20-35/h8-30H,6-7H2,1-4H3,(H,47,48). The van der Waals surface area contributed by atoms with Crippen LogP contribution < -0.4 is 14.7 Å². The molecule has 5 rings (SSSR count). The van der Waals surface area contributed by atoms with Crippen LogP contribution in [-0.2, 0) is 4.79 Å². The van der Waals surface area contributed by atoms with Crippen molar-refractivity contribution in [2.75, 3.05) is 27.8 Å². The first kappa shape index (κ1) is 33.3. The second-order valence-corrected chi connectivity index (χ2v) is 11.4. The van der Waals surface area contributed by atoms with E-state index >= 15 is 0 Å². The van der Waals surface area contributed by atoms with Crippen LogP contribution in [0.25, 0.3) is 10.9 Å². The van der Waals surface area contributed by atoms with Crippen LogP contribution in [0.15, 0.2) is 139 Å². The van der Waals surface area contributed by atoms with E-state index in [1.807, 2.05) is 24.3 Å². The first-order chi connectivity index (χ1) is 23.3. The van der Waals surface area contributed by atoms with Gasteiger partial charge in [-0.1, -0.05) is 59.7 Å². The number of carboxylic acids is 1. The highest BCUT2D eigenvalue weighted by molar-refractivity contribution is 5.89. The van der Waals surface area contributed by atoms with E-state index in [1.54, 1.807) is 12.2 Å². The van der Waals surface area contributed by atoms with Crippen molar-refractivity contribution in [1.29, 1.82) is 0 Å². The van der Waals surface area contributed by atoms with Crippen LogP contribution in [0.1, 0.15) is 30.5 Å². The third kappa shape index (κ3) is 7.83. The molecule has 0 radical (unpaired) electrons. The van der Waals surface area contributed by atoms with Gasteiger partial charge in [-0.15, -0.1) is 0 Å². The molecular formula is C42H40N4O2. The maximum Gasteiger partial charge on any atom is 0.333 e. The second kappa shape index (κ2) is 15.5. The molecule has 240 valence electrons. The van der Waals surface area contributed by atoms with Gasteiger partial charge in [0.25, 0.3) is 5.70 Å². The highest BCUT2D eigenvalue weighted by Crippen LogP contribution is 2.38. The number of aliphatic carboxylic acids is 1. The molecule has 0 fully saturated rings. The van der Waals surface area contributed by atoms with Gasteiger partial charge in [0.15, 0.2) is 0 Å². The maximum atomic E-state index is 11.2. The zero-order valence-electron chi connectivity index (χ0n) is 27.8. The Bertz CT molecular complexity index is 1820. The number of hydrogen-bond acceptors (Lipinski definition) is 4. The lowest BCUT2D eigenvalue weighted by Gasteiger charge is -2.29. The van der Waals surface area contributed by atoms with Crippen LogP contribution in [0.3, 0.4) is 0 Å². The fourth-order valence-electron chi connectivity index (χ4n) is 5.63. The molecule has 5 aromatic rings. The number of rotatable bonds is 12. The summed E-state index contributed by atoms with van der Waals surface area (Å²) in [5, 5.41) is 9.12. The molecular weight excluding hydrogens is 592 g/mol. The zero-order valence-corrected chi connectivity index (χ0v) is 27.8. The van der Waals surface area contributed by atoms with E-state index in [4.69, 9.17) is 11.7 Å². The highest BCUT2D eigenvalue weighted by Gasteiger charge is 2.16. The minimum atomic E-state index is -1.24. The van der Waals surface area contributed by atoms with Gasteiger partial charge >= 0.3 is 5.97 Å². The third-order valence-corrected chi connectivity index (χ3v) is 8.20. The van der Waals surface area contributed by atoms with Crippen molar-refractivity contribution >= 4 is 51.9 Å². The summed E-state index contributed by atoms with van der Waals surface area (Å²) in [7, 11) is 0. The zero-order chi connectivity index (χ0) is 34.0. The number of carbonyl (C=O) groups is 1. The molecule has 0 saturated carbocycles. The fourth-order valence-corrected chi connectivity index (χ4v) is 5.63. The maximum absolute atomic E-state index is 11.2. The third-order valence-electron chi connectivity index (χ3n) is 8.20. The van der Waals surface area contributed by atoms with E-state index in [0.29, 0.717) is 0 Å². The molecule has 0 aliphatic carbocycles. The summed E-state index contributed by atoms with van der Waals surface area (Å²) in [6.45, 7) is 17.3. The van der Waals surface area contributed by atoms with Crippen LogP contribution in [0.5, 0.6) is 0 Å². The Kier molecular flexibility index (Phi) is 10.7. The van der Waals surface area contributed by atoms with Gasteiger partial charge in [0.1, 0.15) is 0 Å². The lowest BCUT2D eigenvalue weighted by molar-refractivity contribution is -0.132. The van der Waals surface area contributed by atoms with Crippen LogP contribution in [0.2, 0.25) is 0 Å². The van der Waals surface area contributed by atoms with Gasteiger partial charge in [-0.2, -0.15) is 0 Å². The van der Waals surface area contributed by atoms with Crippen molar-refractivity contribution in [3.8, 4) is 0 Å². The summed E-state index contributed by atoms with van der Waals surface area (Å²) in [4.78, 5) is 21.0. The monoisotopic (exact) mass is 632 g/mol. The number of aryl methyl sites for hydroxylation is 2. The molecule has 48 heavy (non-hydrogen) atoms. The number of hydrogen-bond donors (Lipinski definition) is 1. The van der Waals surface area contributed by atoms with Crippen LogP contribution in [-0.4, -0.2) is 24.2 Å². The Balaban J connectivity index is 1.49. The quantitative estimate of drug-likeness (QED) is 0.0842. The van der Waals surface area contributed by atoms with Crippen molar-refractivity contribution in [2.45, 2.75) is 27.7 Å². The van der Waals surface area contributed by atoms with Crippen molar-refractivity contribution < 1.29 is 9.90 Å². The first-order valence-electron chi connectivity index (χ1n) is 16.1. The first-order valence-corrected chi connectivity index (χ1v) is 16.1. The van der Waals surface area contributed by atoms with Crippen LogP contribution in [0, 0.1) is 20.4 Å². The number of allylic oxidation sites excluding steroid dienone is 2. The summed E-state index contributed by atoms with van der Waals surface area (Å²) >= 11 is 0. The minimum absolute atomic E-state index is 0.325.